The van der Waals surface area contributed by atoms with E-state index in [0.29, 0.717) is 0 Å². The summed E-state index contributed by atoms with van der Waals surface area (Å²) in [6.07, 6.45) is 8.25. The molecule has 3 heterocycles. The fourth-order valence-electron chi connectivity index (χ4n) is 4.35. The number of nitrogens with one attached hydrogen (secondary N) is 1. The SMILES string of the molecule is CN=C(NCC1(N2CCCCC2)CCN(C)CC1)N(C)Cc1ccco1.I. The zero-order valence-corrected chi connectivity index (χ0v) is 19.4. The number of nitrogens with zero attached hydrogens (tertiary/aromatic N) is 4. The Labute approximate surface area is 181 Å². The summed E-state index contributed by atoms with van der Waals surface area (Å²) in [6, 6.07) is 3.94. The van der Waals surface area contributed by atoms with Gasteiger partial charge in [-0.1, -0.05) is 6.42 Å². The van der Waals surface area contributed by atoms with E-state index >= 15 is 0 Å². The van der Waals surface area contributed by atoms with Gasteiger partial charge in [0.25, 0.3) is 0 Å². The molecule has 1 aromatic heterocycles. The van der Waals surface area contributed by atoms with Crippen LogP contribution in [0, 0.1) is 0 Å². The lowest BCUT2D eigenvalue weighted by atomic mass is 9.84. The van der Waals surface area contributed by atoms with Crippen LogP contribution in [0.2, 0.25) is 0 Å². The van der Waals surface area contributed by atoms with Crippen molar-refractivity contribution in [3.63, 3.8) is 0 Å². The predicted molar refractivity (Wildman–Crippen MR) is 122 cm³/mol. The molecule has 0 spiro atoms. The van der Waals surface area contributed by atoms with Crippen molar-refractivity contribution < 1.29 is 4.42 Å². The molecule has 0 saturated carbocycles. The smallest absolute Gasteiger partial charge is 0.193 e. The summed E-state index contributed by atoms with van der Waals surface area (Å²) in [5.41, 5.74) is 0.258. The van der Waals surface area contributed by atoms with Crippen molar-refractivity contribution in [2.75, 3.05) is 53.9 Å². The Hall–Kier alpha value is -0.800. The van der Waals surface area contributed by atoms with Gasteiger partial charge in [0.1, 0.15) is 5.76 Å². The molecule has 6 nitrogen and oxygen atoms in total. The molecule has 0 aromatic carbocycles. The first-order valence-electron chi connectivity index (χ1n) is 10.0. The molecule has 0 amide bonds. The zero-order valence-electron chi connectivity index (χ0n) is 17.1. The second kappa shape index (κ2) is 10.7. The second-order valence-electron chi connectivity index (χ2n) is 7.91. The lowest BCUT2D eigenvalue weighted by molar-refractivity contribution is 0.0170. The van der Waals surface area contributed by atoms with E-state index in [1.54, 1.807) is 6.26 Å². The van der Waals surface area contributed by atoms with Crippen molar-refractivity contribution in [3.8, 4) is 0 Å². The molecule has 2 aliphatic rings. The molecule has 2 saturated heterocycles. The molecular formula is C20H36IN5O. The monoisotopic (exact) mass is 489 g/mol. The number of aliphatic imine (C=N–C) groups is 1. The third-order valence-electron chi connectivity index (χ3n) is 6.07. The average Bonchev–Trinajstić information content (AvgIpc) is 3.18. The van der Waals surface area contributed by atoms with Crippen LogP contribution in [-0.2, 0) is 6.54 Å². The number of halogens is 1. The van der Waals surface area contributed by atoms with Crippen LogP contribution < -0.4 is 5.32 Å². The first-order chi connectivity index (χ1) is 12.6. The fraction of sp³-hybridized carbons (Fsp3) is 0.750. The summed E-state index contributed by atoms with van der Waals surface area (Å²) in [7, 11) is 6.17. The van der Waals surface area contributed by atoms with Gasteiger partial charge in [-0.3, -0.25) is 9.89 Å². The number of guanidine groups is 1. The molecule has 2 aliphatic heterocycles. The summed E-state index contributed by atoms with van der Waals surface area (Å²) < 4.78 is 5.48. The molecule has 0 atom stereocenters. The zero-order chi connectivity index (χ0) is 18.4. The summed E-state index contributed by atoms with van der Waals surface area (Å²) in [5, 5.41) is 3.68. The van der Waals surface area contributed by atoms with Crippen LogP contribution in [0.1, 0.15) is 37.9 Å². The summed E-state index contributed by atoms with van der Waals surface area (Å²) in [5.74, 6) is 1.90. The maximum absolute atomic E-state index is 5.48. The number of hydrogen-bond acceptors (Lipinski definition) is 4. The topological polar surface area (TPSA) is 47.3 Å². The minimum Gasteiger partial charge on any atom is -0.467 e. The van der Waals surface area contributed by atoms with Gasteiger partial charge < -0.3 is 19.5 Å². The predicted octanol–water partition coefficient (Wildman–Crippen LogP) is 2.86. The van der Waals surface area contributed by atoms with E-state index in [2.05, 4.69) is 39.1 Å². The summed E-state index contributed by atoms with van der Waals surface area (Å²) in [4.78, 5) is 11.9. The second-order valence-corrected chi connectivity index (χ2v) is 7.91. The molecule has 0 bridgehead atoms. The maximum atomic E-state index is 5.48. The number of rotatable bonds is 5. The minimum atomic E-state index is 0. The Morgan fingerprint density at radius 2 is 1.93 bits per heavy atom. The Morgan fingerprint density at radius 1 is 1.22 bits per heavy atom. The van der Waals surface area contributed by atoms with Crippen LogP contribution in [0.25, 0.3) is 0 Å². The maximum Gasteiger partial charge on any atom is 0.193 e. The van der Waals surface area contributed by atoms with E-state index in [4.69, 9.17) is 4.42 Å². The molecule has 0 radical (unpaired) electrons. The molecule has 0 aliphatic carbocycles. The van der Waals surface area contributed by atoms with Crippen molar-refractivity contribution >= 4 is 29.9 Å². The van der Waals surface area contributed by atoms with E-state index in [-0.39, 0.29) is 29.5 Å². The van der Waals surface area contributed by atoms with Crippen molar-refractivity contribution in [2.24, 2.45) is 4.99 Å². The first-order valence-corrected chi connectivity index (χ1v) is 10.0. The molecule has 2 fully saturated rings. The summed E-state index contributed by atoms with van der Waals surface area (Å²) in [6.45, 7) is 6.54. The van der Waals surface area contributed by atoms with E-state index in [1.807, 2.05) is 19.2 Å². The lowest BCUT2D eigenvalue weighted by Gasteiger charge is -2.50. The third kappa shape index (κ3) is 5.84. The van der Waals surface area contributed by atoms with E-state index in [0.717, 1.165) is 24.8 Å². The lowest BCUT2D eigenvalue weighted by Crippen LogP contribution is -2.62. The molecule has 1 aromatic rings. The van der Waals surface area contributed by atoms with Crippen LogP contribution in [-0.4, -0.2) is 80.1 Å². The molecule has 27 heavy (non-hydrogen) atoms. The van der Waals surface area contributed by atoms with E-state index in [1.165, 1.54) is 58.3 Å². The molecular weight excluding hydrogens is 453 g/mol. The molecule has 7 heteroatoms. The number of piperidine rings is 2. The van der Waals surface area contributed by atoms with Crippen LogP contribution in [0.3, 0.4) is 0 Å². The Kier molecular flexibility index (Phi) is 8.88. The van der Waals surface area contributed by atoms with Gasteiger partial charge in [0.2, 0.25) is 0 Å². The Bertz CT molecular complexity index is 563. The van der Waals surface area contributed by atoms with Crippen molar-refractivity contribution in [1.82, 2.24) is 20.0 Å². The quantitative estimate of drug-likeness (QED) is 0.392. The van der Waals surface area contributed by atoms with Gasteiger partial charge in [-0.25, -0.2) is 0 Å². The van der Waals surface area contributed by atoms with Crippen LogP contribution in [0.4, 0.5) is 0 Å². The Morgan fingerprint density at radius 3 is 2.52 bits per heavy atom. The van der Waals surface area contributed by atoms with Crippen molar-refractivity contribution in [1.29, 1.82) is 0 Å². The summed E-state index contributed by atoms with van der Waals surface area (Å²) >= 11 is 0. The number of likely N-dealkylation sites (tertiary alicyclic amines) is 2. The van der Waals surface area contributed by atoms with Gasteiger partial charge in [-0.15, -0.1) is 24.0 Å². The highest BCUT2D eigenvalue weighted by atomic mass is 127. The third-order valence-corrected chi connectivity index (χ3v) is 6.07. The van der Waals surface area contributed by atoms with Gasteiger partial charge in [0.15, 0.2) is 5.96 Å². The Balaban J connectivity index is 0.00000261. The normalized spacial score (nSPS) is 21.5. The van der Waals surface area contributed by atoms with Crippen molar-refractivity contribution in [2.45, 2.75) is 44.2 Å². The van der Waals surface area contributed by atoms with Crippen LogP contribution in [0.15, 0.2) is 27.8 Å². The highest BCUT2D eigenvalue weighted by Gasteiger charge is 2.39. The van der Waals surface area contributed by atoms with E-state index < -0.39 is 0 Å². The minimum absolute atomic E-state index is 0. The van der Waals surface area contributed by atoms with Gasteiger partial charge in [-0.05, 0) is 71.0 Å². The molecule has 1 N–H and O–H groups in total. The molecule has 3 rings (SSSR count). The standard InChI is InChI=1S/C20H35N5O.HI/c1-21-19(24(3)16-18-8-7-15-26-18)22-17-20(9-13-23(2)14-10-20)25-11-5-4-6-12-25;/h7-8,15H,4-6,9-14,16-17H2,1-3H3,(H,21,22);1H. The number of hydrogen-bond donors (Lipinski definition) is 1. The van der Waals surface area contributed by atoms with Gasteiger partial charge in [0, 0.05) is 26.2 Å². The van der Waals surface area contributed by atoms with Crippen LogP contribution >= 0.6 is 24.0 Å². The number of furan rings is 1. The highest BCUT2D eigenvalue weighted by molar-refractivity contribution is 14.0. The van der Waals surface area contributed by atoms with Gasteiger partial charge in [0.05, 0.1) is 12.8 Å². The first kappa shape index (κ1) is 22.5. The largest absolute Gasteiger partial charge is 0.467 e. The van der Waals surface area contributed by atoms with Gasteiger partial charge in [-0.2, -0.15) is 0 Å². The van der Waals surface area contributed by atoms with Crippen LogP contribution in [0.5, 0.6) is 0 Å². The average molecular weight is 489 g/mol. The molecule has 154 valence electrons. The van der Waals surface area contributed by atoms with Gasteiger partial charge >= 0.3 is 0 Å². The highest BCUT2D eigenvalue weighted by Crippen LogP contribution is 2.30. The molecule has 0 unspecified atom stereocenters. The van der Waals surface area contributed by atoms with E-state index in [9.17, 15) is 0 Å². The van der Waals surface area contributed by atoms with Crippen molar-refractivity contribution in [3.05, 3.63) is 24.2 Å². The fourth-order valence-corrected chi connectivity index (χ4v) is 4.35.